The lowest BCUT2D eigenvalue weighted by Crippen LogP contribution is -2.38. The summed E-state index contributed by atoms with van der Waals surface area (Å²) in [6.07, 6.45) is 1.52. The van der Waals surface area contributed by atoms with Gasteiger partial charge in [0.05, 0.1) is 12.2 Å². The zero-order chi connectivity index (χ0) is 21.0. The fourth-order valence-electron chi connectivity index (χ4n) is 4.15. The molecular formula is C27H24N2O2. The molecule has 31 heavy (non-hydrogen) atoms. The molecule has 0 bridgehead atoms. The molecule has 1 unspecified atom stereocenters. The summed E-state index contributed by atoms with van der Waals surface area (Å²) in [4.78, 5) is 12.7. The number of para-hydroxylation sites is 1. The molecule has 0 radical (unpaired) electrons. The van der Waals surface area contributed by atoms with Gasteiger partial charge in [-0.2, -0.15) is 0 Å². The van der Waals surface area contributed by atoms with E-state index in [9.17, 15) is 4.79 Å². The maximum atomic E-state index is 12.7. The normalized spacial score (nSPS) is 15.1. The first-order chi connectivity index (χ1) is 15.3. The van der Waals surface area contributed by atoms with E-state index in [0.29, 0.717) is 12.2 Å². The van der Waals surface area contributed by atoms with Gasteiger partial charge in [0.2, 0.25) is 0 Å². The number of aryl methyl sites for hydroxylation is 1. The van der Waals surface area contributed by atoms with Crippen LogP contribution in [0.2, 0.25) is 0 Å². The van der Waals surface area contributed by atoms with Crippen molar-refractivity contribution in [2.45, 2.75) is 19.0 Å². The Labute approximate surface area is 181 Å². The van der Waals surface area contributed by atoms with Crippen molar-refractivity contribution in [2.75, 3.05) is 11.9 Å². The molecule has 154 valence electrons. The van der Waals surface area contributed by atoms with Crippen LogP contribution < -0.4 is 15.4 Å². The van der Waals surface area contributed by atoms with Gasteiger partial charge in [0.25, 0.3) is 5.91 Å². The lowest BCUT2D eigenvalue weighted by molar-refractivity contribution is 0.0935. The van der Waals surface area contributed by atoms with Gasteiger partial charge < -0.3 is 15.4 Å². The van der Waals surface area contributed by atoms with Crippen LogP contribution in [0.15, 0.2) is 91.0 Å². The van der Waals surface area contributed by atoms with Gasteiger partial charge in [-0.3, -0.25) is 4.79 Å². The first-order valence-electron chi connectivity index (χ1n) is 10.6. The van der Waals surface area contributed by atoms with Crippen molar-refractivity contribution in [3.8, 4) is 5.75 Å². The van der Waals surface area contributed by atoms with Gasteiger partial charge in [-0.25, -0.2) is 0 Å². The lowest BCUT2D eigenvalue weighted by Gasteiger charge is -2.30. The van der Waals surface area contributed by atoms with Gasteiger partial charge in [0.1, 0.15) is 11.9 Å². The highest BCUT2D eigenvalue weighted by molar-refractivity contribution is 6.02. The van der Waals surface area contributed by atoms with E-state index in [4.69, 9.17) is 4.74 Å². The Morgan fingerprint density at radius 1 is 0.774 bits per heavy atom. The minimum atomic E-state index is -0.363. The number of anilines is 1. The van der Waals surface area contributed by atoms with E-state index in [1.54, 1.807) is 0 Å². The smallest absolute Gasteiger partial charge is 0.255 e. The molecule has 0 fully saturated rings. The molecular weight excluding hydrogens is 384 g/mol. The summed E-state index contributed by atoms with van der Waals surface area (Å²) >= 11 is 0. The topological polar surface area (TPSA) is 50.4 Å². The number of rotatable bonds is 6. The van der Waals surface area contributed by atoms with E-state index < -0.39 is 0 Å². The Balaban J connectivity index is 1.43. The number of fused-ring (bicyclic) bond motifs is 2. The Bertz CT molecular complexity index is 1220. The van der Waals surface area contributed by atoms with Crippen LogP contribution in [0, 0.1) is 0 Å². The van der Waals surface area contributed by atoms with E-state index in [1.165, 1.54) is 5.56 Å². The standard InChI is InChI=1S/C27H24N2O2/c30-27-22-14-6-7-15-23(22)28-26(29-27)25-21-13-5-4-12-20(21)16-17-24(25)31-18-8-11-19-9-2-1-3-10-19/h1-7,9-10,12-17,26,28H,8,11,18H2,(H,29,30). The van der Waals surface area contributed by atoms with Crippen molar-refractivity contribution >= 4 is 22.4 Å². The summed E-state index contributed by atoms with van der Waals surface area (Å²) in [5.74, 6) is 0.714. The van der Waals surface area contributed by atoms with Crippen molar-refractivity contribution in [3.63, 3.8) is 0 Å². The van der Waals surface area contributed by atoms with Crippen LogP contribution >= 0.6 is 0 Å². The first-order valence-corrected chi connectivity index (χ1v) is 10.6. The molecule has 1 aliphatic heterocycles. The first kappa shape index (κ1) is 19.2. The predicted molar refractivity (Wildman–Crippen MR) is 124 cm³/mol. The highest BCUT2D eigenvalue weighted by Gasteiger charge is 2.27. The third kappa shape index (κ3) is 3.97. The Kier molecular flexibility index (Phi) is 5.28. The molecule has 4 aromatic rings. The molecule has 5 rings (SSSR count). The van der Waals surface area contributed by atoms with Crippen molar-refractivity contribution in [2.24, 2.45) is 0 Å². The molecule has 1 amide bonds. The fraction of sp³-hybridized carbons (Fsp3) is 0.148. The summed E-state index contributed by atoms with van der Waals surface area (Å²) in [6.45, 7) is 0.609. The average Bonchev–Trinajstić information content (AvgIpc) is 2.82. The van der Waals surface area contributed by atoms with Crippen LogP contribution in [0.3, 0.4) is 0 Å². The minimum Gasteiger partial charge on any atom is -0.493 e. The van der Waals surface area contributed by atoms with Gasteiger partial charge in [-0.1, -0.05) is 72.8 Å². The van der Waals surface area contributed by atoms with Crippen molar-refractivity contribution in [3.05, 3.63) is 108 Å². The van der Waals surface area contributed by atoms with E-state index in [0.717, 1.165) is 40.6 Å². The number of nitrogens with one attached hydrogen (secondary N) is 2. The van der Waals surface area contributed by atoms with Gasteiger partial charge >= 0.3 is 0 Å². The molecule has 4 nitrogen and oxygen atoms in total. The maximum absolute atomic E-state index is 12.7. The van der Waals surface area contributed by atoms with Crippen LogP contribution in [0.4, 0.5) is 5.69 Å². The number of ether oxygens (including phenoxy) is 1. The third-order valence-corrected chi connectivity index (χ3v) is 5.68. The van der Waals surface area contributed by atoms with Crippen LogP contribution in [-0.2, 0) is 6.42 Å². The molecule has 0 aromatic heterocycles. The van der Waals surface area contributed by atoms with Crippen molar-refractivity contribution in [1.82, 2.24) is 5.32 Å². The van der Waals surface area contributed by atoms with Crippen LogP contribution in [0.5, 0.6) is 5.75 Å². The van der Waals surface area contributed by atoms with Crippen molar-refractivity contribution in [1.29, 1.82) is 0 Å². The van der Waals surface area contributed by atoms with Gasteiger partial charge in [-0.15, -0.1) is 0 Å². The van der Waals surface area contributed by atoms with Crippen LogP contribution in [0.25, 0.3) is 10.8 Å². The lowest BCUT2D eigenvalue weighted by atomic mass is 9.98. The molecule has 1 aliphatic rings. The molecule has 1 heterocycles. The summed E-state index contributed by atoms with van der Waals surface area (Å²) < 4.78 is 6.25. The second-order valence-corrected chi connectivity index (χ2v) is 7.73. The molecule has 0 saturated carbocycles. The quantitative estimate of drug-likeness (QED) is 0.402. The SMILES string of the molecule is O=C1NC(c2c(OCCCc3ccccc3)ccc3ccccc23)Nc2ccccc21. The predicted octanol–water partition coefficient (Wildman–Crippen LogP) is 5.71. The second kappa shape index (κ2) is 8.52. The Morgan fingerprint density at radius 3 is 2.45 bits per heavy atom. The molecule has 0 aliphatic carbocycles. The molecule has 4 heteroatoms. The maximum Gasteiger partial charge on any atom is 0.255 e. The summed E-state index contributed by atoms with van der Waals surface area (Å²) in [7, 11) is 0. The van der Waals surface area contributed by atoms with Crippen molar-refractivity contribution < 1.29 is 9.53 Å². The van der Waals surface area contributed by atoms with Gasteiger partial charge in [-0.05, 0) is 47.4 Å². The number of hydrogen-bond acceptors (Lipinski definition) is 3. The molecule has 4 aromatic carbocycles. The van der Waals surface area contributed by atoms with E-state index in [-0.39, 0.29) is 12.1 Å². The number of carbonyl (C=O) groups is 1. The van der Waals surface area contributed by atoms with E-state index in [2.05, 4.69) is 53.1 Å². The number of carbonyl (C=O) groups excluding carboxylic acids is 1. The zero-order valence-corrected chi connectivity index (χ0v) is 17.2. The highest BCUT2D eigenvalue weighted by Crippen LogP contribution is 2.36. The Morgan fingerprint density at radius 2 is 1.55 bits per heavy atom. The number of amides is 1. The molecule has 1 atom stereocenters. The van der Waals surface area contributed by atoms with Crippen LogP contribution in [-0.4, -0.2) is 12.5 Å². The zero-order valence-electron chi connectivity index (χ0n) is 17.2. The highest BCUT2D eigenvalue weighted by atomic mass is 16.5. The Hall–Kier alpha value is -3.79. The fourth-order valence-corrected chi connectivity index (χ4v) is 4.15. The number of benzene rings is 4. The van der Waals surface area contributed by atoms with Crippen LogP contribution in [0.1, 0.15) is 34.1 Å². The van der Waals surface area contributed by atoms with E-state index in [1.807, 2.05) is 48.5 Å². The largest absolute Gasteiger partial charge is 0.493 e. The monoisotopic (exact) mass is 408 g/mol. The van der Waals surface area contributed by atoms with Gasteiger partial charge in [0.15, 0.2) is 0 Å². The molecule has 2 N–H and O–H groups in total. The van der Waals surface area contributed by atoms with E-state index >= 15 is 0 Å². The summed E-state index contributed by atoms with van der Waals surface area (Å²) in [6, 6.07) is 30.3. The summed E-state index contributed by atoms with van der Waals surface area (Å²) in [5.41, 5.74) is 3.76. The minimum absolute atomic E-state index is 0.0812. The summed E-state index contributed by atoms with van der Waals surface area (Å²) in [5, 5.41) is 8.77. The average molecular weight is 409 g/mol. The molecule has 0 saturated heterocycles. The second-order valence-electron chi connectivity index (χ2n) is 7.73. The van der Waals surface area contributed by atoms with Gasteiger partial charge in [0, 0.05) is 11.3 Å². The molecule has 0 spiro atoms. The number of hydrogen-bond donors (Lipinski definition) is 2. The third-order valence-electron chi connectivity index (χ3n) is 5.68.